The third-order valence-electron chi connectivity index (χ3n) is 7.21. The van der Waals surface area contributed by atoms with E-state index in [1.165, 1.54) is 77.0 Å². The molecule has 0 saturated heterocycles. The monoisotopic (exact) mass is 510 g/mol. The Kier molecular flexibility index (Phi) is 17.4. The van der Waals surface area contributed by atoms with Gasteiger partial charge in [0.1, 0.15) is 10.6 Å². The van der Waals surface area contributed by atoms with Crippen LogP contribution in [-0.2, 0) is 29.4 Å². The maximum Gasteiger partial charge on any atom is 0.298 e. The zero-order valence-corrected chi connectivity index (χ0v) is 23.9. The number of hydrogen-bond acceptors (Lipinski definition) is 3. The smallest absolute Gasteiger partial charge is 0.298 e. The maximum absolute atomic E-state index is 12.1. The van der Waals surface area contributed by atoms with E-state index < -0.39 is 10.1 Å². The Labute approximate surface area is 217 Å². The van der Waals surface area contributed by atoms with Crippen molar-refractivity contribution in [2.75, 3.05) is 0 Å². The van der Waals surface area contributed by atoms with Gasteiger partial charge in [-0.1, -0.05) is 117 Å². The second-order valence-electron chi connectivity index (χ2n) is 10.4. The van der Waals surface area contributed by atoms with Gasteiger partial charge in [-0.15, -0.1) is 0 Å². The summed E-state index contributed by atoms with van der Waals surface area (Å²) in [4.78, 5) is -0.300. The summed E-state index contributed by atoms with van der Waals surface area (Å²) in [5, 5.41) is 11.0. The maximum atomic E-state index is 12.1. The van der Waals surface area contributed by atoms with Gasteiger partial charge in [0.25, 0.3) is 10.1 Å². The van der Waals surface area contributed by atoms with Crippen LogP contribution in [0, 0.1) is 0 Å². The van der Waals surface area contributed by atoms with E-state index in [9.17, 15) is 18.1 Å². The highest BCUT2D eigenvalue weighted by atomic mass is 32.2. The molecule has 2 N–H and O–H groups in total. The quantitative estimate of drug-likeness (QED) is 0.120. The van der Waals surface area contributed by atoms with Crippen LogP contribution in [0.2, 0.25) is 0 Å². The van der Waals surface area contributed by atoms with Crippen LogP contribution < -0.4 is 0 Å². The van der Waals surface area contributed by atoms with Crippen molar-refractivity contribution in [3.8, 4) is 5.75 Å². The summed E-state index contributed by atoms with van der Waals surface area (Å²) >= 11 is 0. The molecule has 0 aromatic heterocycles. The lowest BCUT2D eigenvalue weighted by Gasteiger charge is -2.19. The van der Waals surface area contributed by atoms with Crippen molar-refractivity contribution in [2.24, 2.45) is 0 Å². The predicted octanol–water partition coefficient (Wildman–Crippen LogP) is 9.35. The van der Waals surface area contributed by atoms with Gasteiger partial charge in [0.05, 0.1) is 0 Å². The molecule has 0 saturated carbocycles. The zero-order chi connectivity index (χ0) is 25.9. The van der Waals surface area contributed by atoms with Crippen LogP contribution in [0.3, 0.4) is 0 Å². The van der Waals surface area contributed by atoms with Crippen molar-refractivity contribution >= 4 is 10.1 Å². The molecule has 35 heavy (non-hydrogen) atoms. The first-order valence-corrected chi connectivity index (χ1v) is 16.1. The Morgan fingerprint density at radius 3 is 1.37 bits per heavy atom. The number of phenols is 1. The van der Waals surface area contributed by atoms with Gasteiger partial charge in [0.15, 0.2) is 0 Å². The van der Waals surface area contributed by atoms with Gasteiger partial charge in [-0.25, -0.2) is 0 Å². The second kappa shape index (κ2) is 19.1. The van der Waals surface area contributed by atoms with E-state index in [1.807, 2.05) is 0 Å². The molecule has 0 aliphatic rings. The Bertz CT molecular complexity index is 786. The number of hydrogen-bond donors (Lipinski definition) is 2. The lowest BCUT2D eigenvalue weighted by atomic mass is 9.89. The summed E-state index contributed by atoms with van der Waals surface area (Å²) < 4.78 is 34.1. The third-order valence-corrected chi connectivity index (χ3v) is 8.08. The van der Waals surface area contributed by atoms with Crippen LogP contribution in [0.25, 0.3) is 0 Å². The molecule has 0 aliphatic heterocycles. The van der Waals surface area contributed by atoms with E-state index in [0.717, 1.165) is 68.1 Å². The summed E-state index contributed by atoms with van der Waals surface area (Å²) in [7, 11) is -4.47. The van der Waals surface area contributed by atoms with Crippen molar-refractivity contribution in [3.63, 3.8) is 0 Å². The van der Waals surface area contributed by atoms with Crippen molar-refractivity contribution < 1.29 is 18.1 Å². The molecule has 1 aromatic carbocycles. The molecule has 0 spiro atoms. The van der Waals surface area contributed by atoms with Gasteiger partial charge in [-0.2, -0.15) is 8.42 Å². The summed E-state index contributed by atoms with van der Waals surface area (Å²) in [5.41, 5.74) is 2.93. The van der Waals surface area contributed by atoms with Gasteiger partial charge in [-0.05, 0) is 61.3 Å². The standard InChI is InChI=1S/C30H54O4S/c1-4-7-10-13-16-19-22-26-25-29(35(32,33)34)30(31)28(24-21-18-15-12-9-6-3)27(26)23-20-17-14-11-8-5-2/h25,31H,4-24H2,1-3H3,(H,32,33,34). The molecular formula is C30H54O4S. The zero-order valence-electron chi connectivity index (χ0n) is 23.0. The highest BCUT2D eigenvalue weighted by Crippen LogP contribution is 2.36. The lowest BCUT2D eigenvalue weighted by Crippen LogP contribution is -2.08. The van der Waals surface area contributed by atoms with E-state index in [-0.39, 0.29) is 10.6 Å². The summed E-state index contributed by atoms with van der Waals surface area (Å²) in [6.07, 6.45) is 23.5. The van der Waals surface area contributed by atoms with Crippen LogP contribution in [0.1, 0.15) is 153 Å². The summed E-state index contributed by atoms with van der Waals surface area (Å²) in [6.45, 7) is 6.65. The number of aromatic hydroxyl groups is 1. The first kappa shape index (κ1) is 32.0. The molecule has 0 aliphatic carbocycles. The number of phenolic OH excluding ortho intramolecular Hbond substituents is 1. The van der Waals surface area contributed by atoms with E-state index in [4.69, 9.17) is 0 Å². The summed E-state index contributed by atoms with van der Waals surface area (Å²) in [5.74, 6) is -0.214. The normalized spacial score (nSPS) is 11.9. The fraction of sp³-hybridized carbons (Fsp3) is 0.800. The average Bonchev–Trinajstić information content (AvgIpc) is 2.82. The molecule has 4 nitrogen and oxygen atoms in total. The second-order valence-corrected chi connectivity index (χ2v) is 11.8. The molecule has 0 unspecified atom stereocenters. The van der Waals surface area contributed by atoms with Gasteiger partial charge < -0.3 is 5.11 Å². The van der Waals surface area contributed by atoms with Crippen LogP contribution in [0.4, 0.5) is 0 Å². The Hall–Kier alpha value is -1.07. The highest BCUT2D eigenvalue weighted by molar-refractivity contribution is 7.86. The predicted molar refractivity (Wildman–Crippen MR) is 149 cm³/mol. The van der Waals surface area contributed by atoms with Crippen LogP contribution in [0.15, 0.2) is 11.0 Å². The first-order chi connectivity index (χ1) is 16.9. The molecule has 0 amide bonds. The van der Waals surface area contributed by atoms with Crippen LogP contribution in [0.5, 0.6) is 5.75 Å². The Balaban J connectivity index is 3.07. The largest absolute Gasteiger partial charge is 0.506 e. The third kappa shape index (κ3) is 13.2. The summed E-state index contributed by atoms with van der Waals surface area (Å²) in [6, 6.07) is 1.56. The minimum Gasteiger partial charge on any atom is -0.506 e. The Morgan fingerprint density at radius 2 is 0.943 bits per heavy atom. The van der Waals surface area contributed by atoms with Gasteiger partial charge in [0, 0.05) is 0 Å². The van der Waals surface area contributed by atoms with E-state index in [0.29, 0.717) is 6.42 Å². The van der Waals surface area contributed by atoms with Gasteiger partial charge >= 0.3 is 0 Å². The Morgan fingerprint density at radius 1 is 0.571 bits per heavy atom. The molecule has 0 heterocycles. The number of unbranched alkanes of at least 4 members (excludes halogenated alkanes) is 15. The molecule has 0 fully saturated rings. The number of benzene rings is 1. The molecule has 5 heteroatoms. The first-order valence-electron chi connectivity index (χ1n) is 14.7. The van der Waals surface area contributed by atoms with Crippen LogP contribution in [-0.4, -0.2) is 18.1 Å². The number of rotatable bonds is 22. The van der Waals surface area contributed by atoms with Crippen molar-refractivity contribution in [1.29, 1.82) is 0 Å². The van der Waals surface area contributed by atoms with E-state index >= 15 is 0 Å². The molecule has 0 radical (unpaired) electrons. The van der Waals surface area contributed by atoms with E-state index in [2.05, 4.69) is 20.8 Å². The molecule has 204 valence electrons. The van der Waals surface area contributed by atoms with E-state index in [1.54, 1.807) is 6.07 Å². The van der Waals surface area contributed by atoms with Crippen LogP contribution >= 0.6 is 0 Å². The fourth-order valence-corrected chi connectivity index (χ4v) is 5.72. The fourth-order valence-electron chi connectivity index (χ4n) is 5.06. The molecule has 0 bridgehead atoms. The molecule has 1 aromatic rings. The average molecular weight is 511 g/mol. The van der Waals surface area contributed by atoms with Crippen molar-refractivity contribution in [3.05, 3.63) is 22.8 Å². The molecule has 1 rings (SSSR count). The highest BCUT2D eigenvalue weighted by Gasteiger charge is 2.23. The minimum atomic E-state index is -4.47. The number of aryl methyl sites for hydroxylation is 1. The van der Waals surface area contributed by atoms with Gasteiger partial charge in [-0.3, -0.25) is 4.55 Å². The van der Waals surface area contributed by atoms with Crippen molar-refractivity contribution in [1.82, 2.24) is 0 Å². The molecular weight excluding hydrogens is 456 g/mol. The lowest BCUT2D eigenvalue weighted by molar-refractivity contribution is 0.434. The molecule has 0 atom stereocenters. The van der Waals surface area contributed by atoms with Gasteiger partial charge in [0.2, 0.25) is 0 Å². The van der Waals surface area contributed by atoms with Crippen molar-refractivity contribution in [2.45, 2.75) is 161 Å². The topological polar surface area (TPSA) is 74.6 Å². The minimum absolute atomic E-state index is 0.214. The SMILES string of the molecule is CCCCCCCCc1cc(S(=O)(=O)O)c(O)c(CCCCCCCC)c1CCCCCCCC.